The van der Waals surface area contributed by atoms with E-state index in [2.05, 4.69) is 36.4 Å². The normalized spacial score (nSPS) is 11.8. The van der Waals surface area contributed by atoms with Crippen LogP contribution in [0.3, 0.4) is 0 Å². The maximum Gasteiger partial charge on any atom is 0.128 e. The summed E-state index contributed by atoms with van der Waals surface area (Å²) < 4.78 is 5.24. The van der Waals surface area contributed by atoms with Gasteiger partial charge in [0.05, 0.1) is 11.0 Å². The van der Waals surface area contributed by atoms with E-state index >= 15 is 0 Å². The summed E-state index contributed by atoms with van der Waals surface area (Å²) in [6.07, 6.45) is 3.29. The zero-order valence-corrected chi connectivity index (χ0v) is 11.1. The molecule has 5 rings (SSSR count). The van der Waals surface area contributed by atoms with Crippen molar-refractivity contribution in [2.24, 2.45) is 0 Å². The van der Waals surface area contributed by atoms with Crippen molar-refractivity contribution in [1.82, 2.24) is 9.97 Å². The minimum Gasteiger partial charge on any atom is -0.468 e. The molecule has 3 nitrogen and oxygen atoms in total. The molecule has 0 atom stereocenters. The Bertz CT molecular complexity index is 1050. The van der Waals surface area contributed by atoms with Crippen molar-refractivity contribution in [3.63, 3.8) is 0 Å². The van der Waals surface area contributed by atoms with Crippen LogP contribution in [0.1, 0.15) is 0 Å². The van der Waals surface area contributed by atoms with Gasteiger partial charge in [-0.15, -0.1) is 0 Å². The molecule has 0 bridgehead atoms. The first-order valence-corrected chi connectivity index (χ1v) is 6.85. The van der Waals surface area contributed by atoms with Crippen LogP contribution in [0.2, 0.25) is 0 Å². The van der Waals surface area contributed by atoms with Gasteiger partial charge in [0, 0.05) is 10.8 Å². The summed E-state index contributed by atoms with van der Waals surface area (Å²) in [6, 6.07) is 16.7. The molecule has 98 valence electrons. The minimum atomic E-state index is 0.794. The highest BCUT2D eigenvalue weighted by molar-refractivity contribution is 6.23. The number of furan rings is 1. The highest BCUT2D eigenvalue weighted by Gasteiger charge is 2.12. The van der Waals surface area contributed by atoms with Crippen LogP contribution in [-0.4, -0.2) is 9.97 Å². The van der Waals surface area contributed by atoms with Gasteiger partial charge in [0.2, 0.25) is 0 Å². The van der Waals surface area contributed by atoms with Crippen LogP contribution >= 0.6 is 0 Å². The molecule has 21 heavy (non-hydrogen) atoms. The van der Waals surface area contributed by atoms with Crippen molar-refractivity contribution in [2.75, 3.05) is 0 Å². The summed E-state index contributed by atoms with van der Waals surface area (Å²) in [4.78, 5) is 9.52. The van der Waals surface area contributed by atoms with Crippen LogP contribution < -0.4 is 0 Å². The molecule has 3 heteroatoms. The van der Waals surface area contributed by atoms with Crippen LogP contribution in [0.25, 0.3) is 43.6 Å². The van der Waals surface area contributed by atoms with Crippen LogP contribution in [0.4, 0.5) is 0 Å². The molecule has 2 aromatic heterocycles. The standard InChI is InChI=1S/C18H10N2O/c1-3-7-13-11(5-1)12-6-2-4-8-14(12)18-17(13)19-15-9-21-10-16(15)20-18/h1-10H. The third-order valence-corrected chi connectivity index (χ3v) is 3.97. The third-order valence-electron chi connectivity index (χ3n) is 3.97. The summed E-state index contributed by atoms with van der Waals surface area (Å²) in [6.45, 7) is 0. The van der Waals surface area contributed by atoms with Crippen molar-refractivity contribution in [1.29, 1.82) is 0 Å². The molecule has 2 heterocycles. The minimum absolute atomic E-state index is 0.794. The second-order valence-corrected chi connectivity index (χ2v) is 5.15. The Morgan fingerprint density at radius 3 is 1.48 bits per heavy atom. The molecule has 0 saturated carbocycles. The molecule has 3 aromatic carbocycles. The number of hydrogen-bond donors (Lipinski definition) is 0. The van der Waals surface area contributed by atoms with E-state index < -0.39 is 0 Å². The molecule has 0 saturated heterocycles. The molecule has 0 radical (unpaired) electrons. The summed E-state index contributed by atoms with van der Waals surface area (Å²) >= 11 is 0. The molecular weight excluding hydrogens is 260 g/mol. The van der Waals surface area contributed by atoms with Crippen molar-refractivity contribution < 1.29 is 4.42 Å². The van der Waals surface area contributed by atoms with E-state index in [1.165, 1.54) is 10.8 Å². The summed E-state index contributed by atoms with van der Waals surface area (Å²) in [5.74, 6) is 0. The van der Waals surface area contributed by atoms with Crippen LogP contribution in [0, 0.1) is 0 Å². The first-order valence-electron chi connectivity index (χ1n) is 6.85. The van der Waals surface area contributed by atoms with Gasteiger partial charge in [-0.05, 0) is 10.8 Å². The Labute approximate surface area is 119 Å². The lowest BCUT2D eigenvalue weighted by Crippen LogP contribution is -1.89. The molecule has 0 amide bonds. The van der Waals surface area contributed by atoms with E-state index in [9.17, 15) is 0 Å². The molecule has 0 N–H and O–H groups in total. The average molecular weight is 270 g/mol. The summed E-state index contributed by atoms with van der Waals surface area (Å²) in [5, 5.41) is 4.67. The number of nitrogens with zero attached hydrogens (tertiary/aromatic N) is 2. The summed E-state index contributed by atoms with van der Waals surface area (Å²) in [7, 11) is 0. The second-order valence-electron chi connectivity index (χ2n) is 5.15. The largest absolute Gasteiger partial charge is 0.468 e. The molecular formula is C18H10N2O. The van der Waals surface area contributed by atoms with Crippen molar-refractivity contribution >= 4 is 43.6 Å². The van der Waals surface area contributed by atoms with E-state index in [0.29, 0.717) is 0 Å². The molecule has 0 aliphatic rings. The number of benzene rings is 3. The molecule has 0 aliphatic heterocycles. The Kier molecular flexibility index (Phi) is 1.95. The summed E-state index contributed by atoms with van der Waals surface area (Å²) in [5.41, 5.74) is 3.45. The fraction of sp³-hybridized carbons (Fsp3) is 0. The highest BCUT2D eigenvalue weighted by Crippen LogP contribution is 2.33. The van der Waals surface area contributed by atoms with Crippen molar-refractivity contribution in [3.05, 3.63) is 61.1 Å². The van der Waals surface area contributed by atoms with Crippen LogP contribution in [-0.2, 0) is 0 Å². The Morgan fingerprint density at radius 2 is 1.00 bits per heavy atom. The van der Waals surface area contributed by atoms with Gasteiger partial charge in [0.1, 0.15) is 23.6 Å². The van der Waals surface area contributed by atoms with E-state index in [1.807, 2.05) is 12.1 Å². The number of hydrogen-bond acceptors (Lipinski definition) is 3. The lowest BCUT2D eigenvalue weighted by Gasteiger charge is -2.08. The monoisotopic (exact) mass is 270 g/mol. The van der Waals surface area contributed by atoms with E-state index in [0.717, 1.165) is 32.8 Å². The van der Waals surface area contributed by atoms with Gasteiger partial charge in [0.25, 0.3) is 0 Å². The van der Waals surface area contributed by atoms with Crippen LogP contribution in [0.15, 0.2) is 65.5 Å². The van der Waals surface area contributed by atoms with Gasteiger partial charge >= 0.3 is 0 Å². The zero-order valence-electron chi connectivity index (χ0n) is 11.1. The van der Waals surface area contributed by atoms with Gasteiger partial charge in [-0.25, -0.2) is 9.97 Å². The lowest BCUT2D eigenvalue weighted by molar-refractivity contribution is 0.571. The fourth-order valence-corrected chi connectivity index (χ4v) is 3.02. The number of rotatable bonds is 0. The lowest BCUT2D eigenvalue weighted by atomic mass is 9.99. The molecule has 0 unspecified atom stereocenters. The van der Waals surface area contributed by atoms with E-state index in [4.69, 9.17) is 14.4 Å². The van der Waals surface area contributed by atoms with Gasteiger partial charge in [0.15, 0.2) is 0 Å². The second kappa shape index (κ2) is 3.79. The zero-order chi connectivity index (χ0) is 13.8. The number of fused-ring (bicyclic) bond motifs is 7. The van der Waals surface area contributed by atoms with Gasteiger partial charge in [-0.2, -0.15) is 0 Å². The first-order chi connectivity index (χ1) is 10.4. The molecule has 5 aromatic rings. The van der Waals surface area contributed by atoms with Gasteiger partial charge in [-0.1, -0.05) is 48.5 Å². The van der Waals surface area contributed by atoms with Crippen LogP contribution in [0.5, 0.6) is 0 Å². The topological polar surface area (TPSA) is 38.9 Å². The first kappa shape index (κ1) is 10.8. The average Bonchev–Trinajstić information content (AvgIpc) is 3.01. The fourth-order valence-electron chi connectivity index (χ4n) is 3.02. The van der Waals surface area contributed by atoms with Gasteiger partial charge in [-0.3, -0.25) is 0 Å². The maximum absolute atomic E-state index is 5.24. The molecule has 0 fully saturated rings. The predicted molar refractivity (Wildman–Crippen MR) is 84.3 cm³/mol. The quantitative estimate of drug-likeness (QED) is 0.383. The predicted octanol–water partition coefficient (Wildman–Crippen LogP) is 4.68. The Morgan fingerprint density at radius 1 is 0.571 bits per heavy atom. The van der Waals surface area contributed by atoms with Crippen molar-refractivity contribution in [3.8, 4) is 0 Å². The van der Waals surface area contributed by atoms with Crippen molar-refractivity contribution in [2.45, 2.75) is 0 Å². The molecule has 0 spiro atoms. The number of aromatic nitrogens is 2. The Hall–Kier alpha value is -2.94. The third kappa shape index (κ3) is 1.37. The van der Waals surface area contributed by atoms with E-state index in [-0.39, 0.29) is 0 Å². The Balaban J connectivity index is 2.21. The van der Waals surface area contributed by atoms with E-state index in [1.54, 1.807) is 12.5 Å². The highest BCUT2D eigenvalue weighted by atomic mass is 16.3. The smallest absolute Gasteiger partial charge is 0.128 e. The molecule has 0 aliphatic carbocycles. The van der Waals surface area contributed by atoms with Gasteiger partial charge < -0.3 is 4.42 Å². The SMILES string of the molecule is c1ccc2c(c1)c1ccccc1c1nc3cocc3nc21. The maximum atomic E-state index is 5.24.